The zero-order chi connectivity index (χ0) is 16.1. The molecular formula is C16H20N2O2S2. The third kappa shape index (κ3) is 4.24. The smallest absolute Gasteiger partial charge is 0.239 e. The minimum atomic E-state index is -1.28. The van der Waals surface area contributed by atoms with Crippen LogP contribution in [0.5, 0.6) is 0 Å². The first-order valence-corrected chi connectivity index (χ1v) is 9.44. The Bertz CT molecular complexity index is 682. The summed E-state index contributed by atoms with van der Waals surface area (Å²) < 4.78 is 12.3. The van der Waals surface area contributed by atoms with Crippen molar-refractivity contribution in [1.82, 2.24) is 4.98 Å². The maximum absolute atomic E-state index is 12.3. The third-order valence-electron chi connectivity index (χ3n) is 3.36. The number of carbonyl (C=O) groups is 1. The molecule has 1 heterocycles. The lowest BCUT2D eigenvalue weighted by Gasteiger charge is -2.13. The van der Waals surface area contributed by atoms with Gasteiger partial charge in [0, 0.05) is 21.9 Å². The number of para-hydroxylation sites is 1. The SMILES string of the molecule is CCc1nc(CS(=O)C(C)C(=O)Nc2ccccc2C)cs1. The standard InChI is InChI=1S/C16H20N2O2S2/c1-4-15-17-13(9-21-15)10-22(20)12(3)16(19)18-14-8-6-5-7-11(14)2/h5-9,12H,4,10H2,1-3H3,(H,18,19). The average Bonchev–Trinajstić information content (AvgIpc) is 2.96. The van der Waals surface area contributed by atoms with Crippen LogP contribution in [-0.2, 0) is 27.8 Å². The van der Waals surface area contributed by atoms with Gasteiger partial charge in [0.1, 0.15) is 5.25 Å². The molecule has 1 aromatic heterocycles. The van der Waals surface area contributed by atoms with Gasteiger partial charge in [-0.05, 0) is 31.9 Å². The minimum absolute atomic E-state index is 0.224. The Morgan fingerprint density at radius 3 is 2.77 bits per heavy atom. The largest absolute Gasteiger partial charge is 0.325 e. The first kappa shape index (κ1) is 16.8. The van der Waals surface area contributed by atoms with Crippen molar-refractivity contribution in [2.45, 2.75) is 38.2 Å². The molecule has 1 N–H and O–H groups in total. The fourth-order valence-electron chi connectivity index (χ4n) is 1.92. The van der Waals surface area contributed by atoms with Crippen LogP contribution < -0.4 is 5.32 Å². The summed E-state index contributed by atoms with van der Waals surface area (Å²) in [6.07, 6.45) is 0.876. The molecule has 2 unspecified atom stereocenters. The van der Waals surface area contributed by atoms with Gasteiger partial charge in [0.2, 0.25) is 5.91 Å². The highest BCUT2D eigenvalue weighted by Crippen LogP contribution is 2.16. The van der Waals surface area contributed by atoms with E-state index in [1.807, 2.05) is 43.5 Å². The molecule has 2 aromatic rings. The molecule has 1 amide bonds. The zero-order valence-electron chi connectivity index (χ0n) is 13.0. The molecule has 0 bridgehead atoms. The molecule has 0 saturated carbocycles. The maximum Gasteiger partial charge on any atom is 0.239 e. The maximum atomic E-state index is 12.3. The number of aromatic nitrogens is 1. The number of nitrogens with one attached hydrogen (secondary N) is 1. The molecule has 118 valence electrons. The van der Waals surface area contributed by atoms with Crippen molar-refractivity contribution < 1.29 is 9.00 Å². The van der Waals surface area contributed by atoms with Gasteiger partial charge < -0.3 is 5.32 Å². The Labute approximate surface area is 137 Å². The number of carbonyl (C=O) groups excluding carboxylic acids is 1. The molecule has 4 nitrogen and oxygen atoms in total. The lowest BCUT2D eigenvalue weighted by atomic mass is 10.2. The van der Waals surface area contributed by atoms with Crippen LogP contribution in [0.3, 0.4) is 0 Å². The number of amides is 1. The Morgan fingerprint density at radius 1 is 1.41 bits per heavy atom. The van der Waals surface area contributed by atoms with Gasteiger partial charge in [-0.3, -0.25) is 9.00 Å². The molecule has 0 spiro atoms. The summed E-state index contributed by atoms with van der Waals surface area (Å²) in [4.78, 5) is 16.6. The first-order chi connectivity index (χ1) is 10.5. The number of hydrogen-bond acceptors (Lipinski definition) is 4. The van der Waals surface area contributed by atoms with Crippen LogP contribution >= 0.6 is 11.3 Å². The molecule has 2 rings (SSSR count). The van der Waals surface area contributed by atoms with Crippen molar-refractivity contribution in [2.24, 2.45) is 0 Å². The molecule has 0 radical (unpaired) electrons. The van der Waals surface area contributed by atoms with E-state index in [1.165, 1.54) is 0 Å². The molecular weight excluding hydrogens is 316 g/mol. The Kier molecular flexibility index (Phi) is 5.85. The highest BCUT2D eigenvalue weighted by molar-refractivity contribution is 7.85. The lowest BCUT2D eigenvalue weighted by molar-refractivity contribution is -0.115. The molecule has 22 heavy (non-hydrogen) atoms. The van der Waals surface area contributed by atoms with Gasteiger partial charge in [-0.1, -0.05) is 25.1 Å². The second-order valence-electron chi connectivity index (χ2n) is 5.06. The number of nitrogens with zero attached hydrogens (tertiary/aromatic N) is 1. The molecule has 2 atom stereocenters. The van der Waals surface area contributed by atoms with E-state index < -0.39 is 16.0 Å². The summed E-state index contributed by atoms with van der Waals surface area (Å²) in [6.45, 7) is 5.66. The molecule has 1 aromatic carbocycles. The van der Waals surface area contributed by atoms with Crippen molar-refractivity contribution in [3.8, 4) is 0 Å². The van der Waals surface area contributed by atoms with Crippen molar-refractivity contribution >= 4 is 33.7 Å². The van der Waals surface area contributed by atoms with Gasteiger partial charge in [-0.15, -0.1) is 11.3 Å². The van der Waals surface area contributed by atoms with Crippen molar-refractivity contribution in [2.75, 3.05) is 5.32 Å². The van der Waals surface area contributed by atoms with Crippen LogP contribution in [0.15, 0.2) is 29.6 Å². The summed E-state index contributed by atoms with van der Waals surface area (Å²) in [5.41, 5.74) is 2.55. The number of thiazole rings is 1. The van der Waals surface area contributed by atoms with E-state index in [1.54, 1.807) is 18.3 Å². The van der Waals surface area contributed by atoms with Crippen LogP contribution in [0.25, 0.3) is 0 Å². The fraction of sp³-hybridized carbons (Fsp3) is 0.375. The van der Waals surface area contributed by atoms with E-state index in [9.17, 15) is 9.00 Å². The van der Waals surface area contributed by atoms with Gasteiger partial charge in [0.15, 0.2) is 0 Å². The lowest BCUT2D eigenvalue weighted by Crippen LogP contribution is -2.30. The predicted molar refractivity (Wildman–Crippen MR) is 92.6 cm³/mol. The van der Waals surface area contributed by atoms with E-state index >= 15 is 0 Å². The van der Waals surface area contributed by atoms with Gasteiger partial charge >= 0.3 is 0 Å². The summed E-state index contributed by atoms with van der Waals surface area (Å²) in [7, 11) is -1.28. The Balaban J connectivity index is 1.97. The van der Waals surface area contributed by atoms with Crippen LogP contribution in [-0.4, -0.2) is 20.3 Å². The first-order valence-electron chi connectivity index (χ1n) is 7.18. The molecule has 0 saturated heterocycles. The number of rotatable bonds is 6. The summed E-state index contributed by atoms with van der Waals surface area (Å²) in [5.74, 6) is 0.0948. The van der Waals surface area contributed by atoms with Crippen molar-refractivity contribution in [3.05, 3.63) is 45.9 Å². The zero-order valence-corrected chi connectivity index (χ0v) is 14.6. The van der Waals surface area contributed by atoms with E-state index in [0.717, 1.165) is 28.4 Å². The fourth-order valence-corrected chi connectivity index (χ4v) is 3.75. The van der Waals surface area contributed by atoms with Crippen LogP contribution in [0, 0.1) is 6.92 Å². The van der Waals surface area contributed by atoms with E-state index in [2.05, 4.69) is 10.3 Å². The number of anilines is 1. The molecule has 0 aliphatic heterocycles. The number of benzene rings is 1. The normalized spacial score (nSPS) is 13.6. The summed E-state index contributed by atoms with van der Waals surface area (Å²) >= 11 is 1.57. The second kappa shape index (κ2) is 7.65. The summed E-state index contributed by atoms with van der Waals surface area (Å²) in [5, 5.41) is 5.22. The van der Waals surface area contributed by atoms with Crippen LogP contribution in [0.2, 0.25) is 0 Å². The number of hydrogen-bond donors (Lipinski definition) is 1. The highest BCUT2D eigenvalue weighted by atomic mass is 32.2. The molecule has 0 aliphatic carbocycles. The average molecular weight is 336 g/mol. The molecule has 0 fully saturated rings. The van der Waals surface area contributed by atoms with Gasteiger partial charge in [-0.2, -0.15) is 0 Å². The van der Waals surface area contributed by atoms with Crippen LogP contribution in [0.4, 0.5) is 5.69 Å². The van der Waals surface area contributed by atoms with E-state index in [-0.39, 0.29) is 5.91 Å². The van der Waals surface area contributed by atoms with E-state index in [0.29, 0.717) is 5.75 Å². The second-order valence-corrected chi connectivity index (χ2v) is 7.76. The Hall–Kier alpha value is -1.53. The van der Waals surface area contributed by atoms with Gasteiger partial charge in [-0.25, -0.2) is 4.98 Å². The monoisotopic (exact) mass is 336 g/mol. The number of aryl methyl sites for hydroxylation is 2. The van der Waals surface area contributed by atoms with Crippen molar-refractivity contribution in [3.63, 3.8) is 0 Å². The minimum Gasteiger partial charge on any atom is -0.325 e. The van der Waals surface area contributed by atoms with Crippen molar-refractivity contribution in [1.29, 1.82) is 0 Å². The molecule has 0 aliphatic rings. The topological polar surface area (TPSA) is 59.1 Å². The highest BCUT2D eigenvalue weighted by Gasteiger charge is 2.21. The Morgan fingerprint density at radius 2 is 2.14 bits per heavy atom. The van der Waals surface area contributed by atoms with E-state index in [4.69, 9.17) is 0 Å². The predicted octanol–water partition coefficient (Wildman–Crippen LogP) is 3.29. The quantitative estimate of drug-likeness (QED) is 0.880. The van der Waals surface area contributed by atoms with Crippen LogP contribution in [0.1, 0.15) is 30.1 Å². The third-order valence-corrected chi connectivity index (χ3v) is 5.98. The summed E-state index contributed by atoms with van der Waals surface area (Å²) in [6, 6.07) is 7.56. The van der Waals surface area contributed by atoms with Gasteiger partial charge in [0.05, 0.1) is 16.5 Å². The molecule has 6 heteroatoms. The van der Waals surface area contributed by atoms with Gasteiger partial charge in [0.25, 0.3) is 0 Å².